The molecule has 1 amide bonds. The fraction of sp³-hybridized carbons (Fsp3) is 0.778. The van der Waals surface area contributed by atoms with Crippen molar-refractivity contribution >= 4 is 5.91 Å². The van der Waals surface area contributed by atoms with Gasteiger partial charge in [-0.05, 0) is 45.2 Å². The van der Waals surface area contributed by atoms with Crippen molar-refractivity contribution in [2.75, 3.05) is 26.2 Å². The van der Waals surface area contributed by atoms with E-state index in [1.165, 1.54) is 0 Å². The van der Waals surface area contributed by atoms with Gasteiger partial charge in [0.1, 0.15) is 5.69 Å². The minimum atomic E-state index is -0.0366. The van der Waals surface area contributed by atoms with Crippen molar-refractivity contribution in [1.82, 2.24) is 20.0 Å². The molecule has 2 atom stereocenters. The highest BCUT2D eigenvalue weighted by molar-refractivity contribution is 5.92. The molecule has 0 saturated carbocycles. The maximum absolute atomic E-state index is 12.3. The lowest BCUT2D eigenvalue weighted by molar-refractivity contribution is -0.0681. The van der Waals surface area contributed by atoms with E-state index in [4.69, 9.17) is 4.74 Å². The summed E-state index contributed by atoms with van der Waals surface area (Å²) >= 11 is 0. The van der Waals surface area contributed by atoms with Crippen LogP contribution in [0.25, 0.3) is 0 Å². The first-order chi connectivity index (χ1) is 11.4. The number of carbonyl (C=O) groups is 1. The van der Waals surface area contributed by atoms with Crippen LogP contribution in [0.3, 0.4) is 0 Å². The normalized spacial score (nSPS) is 22.1. The Balaban J connectivity index is 1.68. The molecule has 0 radical (unpaired) electrons. The van der Waals surface area contributed by atoms with Gasteiger partial charge in [0, 0.05) is 26.7 Å². The highest BCUT2D eigenvalue weighted by Gasteiger charge is 2.21. The van der Waals surface area contributed by atoms with Crippen LogP contribution in [0.5, 0.6) is 0 Å². The van der Waals surface area contributed by atoms with E-state index in [-0.39, 0.29) is 5.91 Å². The van der Waals surface area contributed by atoms with Gasteiger partial charge in [-0.15, -0.1) is 0 Å². The van der Waals surface area contributed by atoms with Crippen LogP contribution in [0, 0.1) is 0 Å². The van der Waals surface area contributed by atoms with Crippen molar-refractivity contribution in [1.29, 1.82) is 0 Å². The van der Waals surface area contributed by atoms with Crippen LogP contribution in [0.2, 0.25) is 0 Å². The van der Waals surface area contributed by atoms with E-state index in [1.807, 2.05) is 13.1 Å². The van der Waals surface area contributed by atoms with Crippen LogP contribution in [-0.2, 0) is 11.8 Å². The number of aryl methyl sites for hydroxylation is 1. The molecule has 1 aliphatic heterocycles. The summed E-state index contributed by atoms with van der Waals surface area (Å²) < 4.78 is 7.42. The Bertz CT molecular complexity index is 531. The highest BCUT2D eigenvalue weighted by atomic mass is 16.5. The topological polar surface area (TPSA) is 59.4 Å². The number of morpholine rings is 1. The third-order valence-electron chi connectivity index (χ3n) is 4.40. The van der Waals surface area contributed by atoms with Gasteiger partial charge in [0.05, 0.1) is 17.9 Å². The molecule has 136 valence electrons. The maximum Gasteiger partial charge on any atom is 0.269 e. The molecule has 0 aromatic carbocycles. The molecule has 2 unspecified atom stereocenters. The summed E-state index contributed by atoms with van der Waals surface area (Å²) in [6, 6.07) is 1.89. The Kier molecular flexibility index (Phi) is 6.80. The zero-order valence-corrected chi connectivity index (χ0v) is 15.7. The van der Waals surface area contributed by atoms with Crippen LogP contribution < -0.4 is 5.32 Å². The minimum absolute atomic E-state index is 0.0366. The molecule has 0 aliphatic carbocycles. The van der Waals surface area contributed by atoms with E-state index in [1.54, 1.807) is 4.68 Å². The fourth-order valence-corrected chi connectivity index (χ4v) is 3.20. The predicted molar refractivity (Wildman–Crippen MR) is 95.3 cm³/mol. The van der Waals surface area contributed by atoms with Gasteiger partial charge >= 0.3 is 0 Å². The van der Waals surface area contributed by atoms with Gasteiger partial charge in [0.2, 0.25) is 0 Å². The Morgan fingerprint density at radius 3 is 2.58 bits per heavy atom. The second-order valence-electron chi connectivity index (χ2n) is 7.21. The number of amides is 1. The van der Waals surface area contributed by atoms with Gasteiger partial charge in [-0.2, -0.15) is 5.10 Å². The summed E-state index contributed by atoms with van der Waals surface area (Å²) in [6.45, 7) is 12.2. The first-order valence-corrected chi connectivity index (χ1v) is 9.06. The van der Waals surface area contributed by atoms with Crippen LogP contribution >= 0.6 is 0 Å². The van der Waals surface area contributed by atoms with Crippen LogP contribution in [0.4, 0.5) is 0 Å². The number of nitrogens with zero attached hydrogens (tertiary/aromatic N) is 3. The number of unbranched alkanes of at least 4 members (excludes halogenated alkanes) is 1. The van der Waals surface area contributed by atoms with Gasteiger partial charge in [-0.1, -0.05) is 13.8 Å². The van der Waals surface area contributed by atoms with Crippen LogP contribution in [0.1, 0.15) is 62.6 Å². The number of hydrogen-bond acceptors (Lipinski definition) is 4. The molecule has 1 fully saturated rings. The molecular formula is C18H32N4O2. The molecule has 6 nitrogen and oxygen atoms in total. The number of nitrogens with one attached hydrogen (secondary N) is 1. The zero-order chi connectivity index (χ0) is 17.7. The van der Waals surface area contributed by atoms with Crippen molar-refractivity contribution < 1.29 is 9.53 Å². The van der Waals surface area contributed by atoms with Crippen LogP contribution in [-0.4, -0.2) is 59.0 Å². The van der Waals surface area contributed by atoms with Crippen molar-refractivity contribution in [3.05, 3.63) is 17.5 Å². The summed E-state index contributed by atoms with van der Waals surface area (Å²) in [5, 5.41) is 7.39. The molecule has 6 heteroatoms. The second-order valence-corrected chi connectivity index (χ2v) is 7.21. The Labute approximate surface area is 145 Å². The van der Waals surface area contributed by atoms with Gasteiger partial charge in [-0.25, -0.2) is 0 Å². The van der Waals surface area contributed by atoms with Gasteiger partial charge in [-0.3, -0.25) is 14.4 Å². The molecule has 2 rings (SSSR count). The Hall–Kier alpha value is -1.40. The SMILES string of the molecule is CC1CN(CCCCNC(=O)c2cc(C(C)C)nn2C)CC(C)O1. The molecule has 0 spiro atoms. The van der Waals surface area contributed by atoms with Crippen molar-refractivity contribution in [3.8, 4) is 0 Å². The predicted octanol–water partition coefficient (Wildman–Crippen LogP) is 2.16. The number of ether oxygens (including phenoxy) is 1. The minimum Gasteiger partial charge on any atom is -0.373 e. The van der Waals surface area contributed by atoms with Gasteiger partial charge in [0.15, 0.2) is 0 Å². The lowest BCUT2D eigenvalue weighted by atomic mass is 10.1. The summed E-state index contributed by atoms with van der Waals surface area (Å²) in [5.41, 5.74) is 1.59. The quantitative estimate of drug-likeness (QED) is 0.775. The highest BCUT2D eigenvalue weighted by Crippen LogP contribution is 2.14. The van der Waals surface area contributed by atoms with Gasteiger partial charge < -0.3 is 10.1 Å². The molecule has 1 aromatic rings. The standard InChI is InChI=1S/C18H32N4O2/c1-13(2)16-10-17(21(5)20-16)18(23)19-8-6-7-9-22-11-14(3)24-15(4)12-22/h10,13-15H,6-9,11-12H2,1-5H3,(H,19,23). The molecule has 0 bridgehead atoms. The molecule has 2 heterocycles. The first-order valence-electron chi connectivity index (χ1n) is 9.06. The van der Waals surface area contributed by atoms with E-state index < -0.39 is 0 Å². The van der Waals surface area contributed by atoms with Crippen molar-refractivity contribution in [2.45, 2.75) is 58.7 Å². The molecular weight excluding hydrogens is 304 g/mol. The summed E-state index contributed by atoms with van der Waals surface area (Å²) in [5.74, 6) is 0.293. The average molecular weight is 336 g/mol. The largest absolute Gasteiger partial charge is 0.373 e. The lowest BCUT2D eigenvalue weighted by Crippen LogP contribution is -2.45. The third-order valence-corrected chi connectivity index (χ3v) is 4.40. The van der Waals surface area contributed by atoms with E-state index in [2.05, 4.69) is 43.0 Å². The maximum atomic E-state index is 12.3. The van der Waals surface area contributed by atoms with Crippen molar-refractivity contribution in [2.24, 2.45) is 7.05 Å². The Morgan fingerprint density at radius 1 is 1.33 bits per heavy atom. The van der Waals surface area contributed by atoms with Crippen molar-refractivity contribution in [3.63, 3.8) is 0 Å². The van der Waals surface area contributed by atoms with E-state index >= 15 is 0 Å². The molecule has 1 N–H and O–H groups in total. The van der Waals surface area contributed by atoms with E-state index in [0.29, 0.717) is 30.4 Å². The van der Waals surface area contributed by atoms with E-state index in [0.717, 1.165) is 38.2 Å². The zero-order valence-electron chi connectivity index (χ0n) is 15.7. The molecule has 1 aliphatic rings. The Morgan fingerprint density at radius 2 is 2.00 bits per heavy atom. The summed E-state index contributed by atoms with van der Waals surface area (Å²) in [6.07, 6.45) is 2.70. The molecule has 1 saturated heterocycles. The monoisotopic (exact) mass is 336 g/mol. The number of aromatic nitrogens is 2. The number of hydrogen-bond donors (Lipinski definition) is 1. The fourth-order valence-electron chi connectivity index (χ4n) is 3.20. The smallest absolute Gasteiger partial charge is 0.269 e. The first kappa shape index (κ1) is 18.9. The van der Waals surface area contributed by atoms with E-state index in [9.17, 15) is 4.79 Å². The number of carbonyl (C=O) groups excluding carboxylic acids is 1. The van der Waals surface area contributed by atoms with Gasteiger partial charge in [0.25, 0.3) is 5.91 Å². The summed E-state index contributed by atoms with van der Waals surface area (Å²) in [7, 11) is 1.82. The lowest BCUT2D eigenvalue weighted by Gasteiger charge is -2.35. The number of rotatable bonds is 7. The summed E-state index contributed by atoms with van der Waals surface area (Å²) in [4.78, 5) is 14.7. The third kappa shape index (κ3) is 5.31. The molecule has 1 aromatic heterocycles. The second kappa shape index (κ2) is 8.62. The average Bonchev–Trinajstić information content (AvgIpc) is 2.88. The van der Waals surface area contributed by atoms with Crippen LogP contribution in [0.15, 0.2) is 6.07 Å². The molecule has 24 heavy (non-hydrogen) atoms.